The van der Waals surface area contributed by atoms with E-state index >= 15 is 0 Å². The van der Waals surface area contributed by atoms with Gasteiger partial charge in [-0.05, 0) is 29.7 Å². The third-order valence-electron chi connectivity index (χ3n) is 4.60. The van der Waals surface area contributed by atoms with E-state index in [2.05, 4.69) is 0 Å². The first-order valence-corrected chi connectivity index (χ1v) is 9.34. The van der Waals surface area contributed by atoms with Gasteiger partial charge in [0, 0.05) is 32.6 Å². The normalized spacial score (nSPS) is 22.2. The maximum Gasteiger partial charge on any atom is 0.243 e. The van der Waals surface area contributed by atoms with Crippen molar-refractivity contribution in [3.8, 4) is 0 Å². The number of carbonyl (C=O) groups is 1. The van der Waals surface area contributed by atoms with Crippen LogP contribution in [0.5, 0.6) is 0 Å². The molecular formula is C16H22N2O4S. The first-order chi connectivity index (χ1) is 10.9. The second kappa shape index (κ2) is 6.22. The predicted molar refractivity (Wildman–Crippen MR) is 85.2 cm³/mol. The lowest BCUT2D eigenvalue weighted by Crippen LogP contribution is -2.48. The van der Waals surface area contributed by atoms with Gasteiger partial charge in [-0.25, -0.2) is 8.42 Å². The van der Waals surface area contributed by atoms with Crippen LogP contribution < -0.4 is 0 Å². The smallest absolute Gasteiger partial charge is 0.243 e. The van der Waals surface area contributed by atoms with E-state index in [9.17, 15) is 13.2 Å². The first kappa shape index (κ1) is 16.4. The summed E-state index contributed by atoms with van der Waals surface area (Å²) in [6.45, 7) is 5.79. The molecule has 6 nitrogen and oxygen atoms in total. The third-order valence-corrected chi connectivity index (χ3v) is 6.54. The average Bonchev–Trinajstić information content (AvgIpc) is 2.98. The van der Waals surface area contributed by atoms with Gasteiger partial charge < -0.3 is 9.64 Å². The molecule has 1 fully saturated rings. The Bertz CT molecular complexity index is 717. The number of carbonyl (C=O) groups excluding carboxylic acids is 1. The maximum absolute atomic E-state index is 13.0. The van der Waals surface area contributed by atoms with Crippen molar-refractivity contribution in [2.24, 2.45) is 0 Å². The van der Waals surface area contributed by atoms with Crippen LogP contribution >= 0.6 is 0 Å². The van der Waals surface area contributed by atoms with Crippen molar-refractivity contribution >= 4 is 15.9 Å². The van der Waals surface area contributed by atoms with E-state index in [0.29, 0.717) is 37.7 Å². The summed E-state index contributed by atoms with van der Waals surface area (Å²) < 4.78 is 32.9. The number of hydrogen-bond donors (Lipinski definition) is 0. The molecule has 1 saturated heterocycles. The molecule has 0 radical (unpaired) electrons. The SMILES string of the molecule is CCC1COCCN1S(=O)(=O)c1ccc2c(c1)CN(C(C)=O)C2. The molecule has 0 spiro atoms. The van der Waals surface area contributed by atoms with Gasteiger partial charge in [0.15, 0.2) is 0 Å². The minimum Gasteiger partial charge on any atom is -0.378 e. The van der Waals surface area contributed by atoms with Crippen LogP contribution in [0.2, 0.25) is 0 Å². The Balaban J connectivity index is 1.90. The summed E-state index contributed by atoms with van der Waals surface area (Å²) in [5.41, 5.74) is 1.94. The zero-order valence-corrected chi connectivity index (χ0v) is 14.3. The number of morpholine rings is 1. The maximum atomic E-state index is 13.0. The molecule has 126 valence electrons. The van der Waals surface area contributed by atoms with Gasteiger partial charge in [0.2, 0.25) is 15.9 Å². The number of ether oxygens (including phenoxy) is 1. The largest absolute Gasteiger partial charge is 0.378 e. The molecular weight excluding hydrogens is 316 g/mol. The Kier molecular flexibility index (Phi) is 4.44. The van der Waals surface area contributed by atoms with Crippen molar-refractivity contribution in [2.75, 3.05) is 19.8 Å². The fourth-order valence-electron chi connectivity index (χ4n) is 3.17. The molecule has 1 amide bonds. The summed E-state index contributed by atoms with van der Waals surface area (Å²) in [7, 11) is -3.53. The molecule has 1 aromatic rings. The summed E-state index contributed by atoms with van der Waals surface area (Å²) >= 11 is 0. The number of rotatable bonds is 3. The number of benzene rings is 1. The van der Waals surface area contributed by atoms with Crippen LogP contribution in [0.25, 0.3) is 0 Å². The highest BCUT2D eigenvalue weighted by atomic mass is 32.2. The van der Waals surface area contributed by atoms with Crippen LogP contribution in [0.15, 0.2) is 23.1 Å². The number of fused-ring (bicyclic) bond motifs is 1. The monoisotopic (exact) mass is 338 g/mol. The molecule has 0 N–H and O–H groups in total. The summed E-state index contributed by atoms with van der Waals surface area (Å²) in [6.07, 6.45) is 0.724. The Morgan fingerprint density at radius 3 is 2.74 bits per heavy atom. The fourth-order valence-corrected chi connectivity index (χ4v) is 4.89. The minimum absolute atomic E-state index is 0.00448. The Morgan fingerprint density at radius 2 is 2.04 bits per heavy atom. The van der Waals surface area contributed by atoms with Crippen LogP contribution in [-0.4, -0.2) is 49.3 Å². The van der Waals surface area contributed by atoms with E-state index in [1.165, 1.54) is 6.92 Å². The number of hydrogen-bond acceptors (Lipinski definition) is 4. The van der Waals surface area contributed by atoms with Gasteiger partial charge in [0.25, 0.3) is 0 Å². The van der Waals surface area contributed by atoms with E-state index < -0.39 is 10.0 Å². The molecule has 0 saturated carbocycles. The van der Waals surface area contributed by atoms with Crippen LogP contribution in [-0.2, 0) is 32.6 Å². The summed E-state index contributed by atoms with van der Waals surface area (Å²) in [4.78, 5) is 13.5. The highest BCUT2D eigenvalue weighted by Crippen LogP contribution is 2.28. The molecule has 1 atom stereocenters. The van der Waals surface area contributed by atoms with Gasteiger partial charge in [-0.15, -0.1) is 0 Å². The Morgan fingerprint density at radius 1 is 1.30 bits per heavy atom. The zero-order valence-electron chi connectivity index (χ0n) is 13.5. The zero-order chi connectivity index (χ0) is 16.6. The summed E-state index contributed by atoms with van der Waals surface area (Å²) in [6, 6.07) is 5.08. The fraction of sp³-hybridized carbons (Fsp3) is 0.562. The summed E-state index contributed by atoms with van der Waals surface area (Å²) in [5.74, 6) is 0.00448. The molecule has 0 aromatic heterocycles. The molecule has 1 aromatic carbocycles. The first-order valence-electron chi connectivity index (χ1n) is 7.90. The number of sulfonamides is 1. The highest BCUT2D eigenvalue weighted by Gasteiger charge is 2.34. The van der Waals surface area contributed by atoms with Crippen LogP contribution in [0.4, 0.5) is 0 Å². The van der Waals surface area contributed by atoms with Gasteiger partial charge in [-0.2, -0.15) is 4.31 Å². The van der Waals surface area contributed by atoms with Crippen molar-refractivity contribution in [1.82, 2.24) is 9.21 Å². The second-order valence-corrected chi connectivity index (χ2v) is 7.95. The lowest BCUT2D eigenvalue weighted by molar-refractivity contribution is -0.129. The standard InChI is InChI=1S/C16H22N2O4S/c1-3-15-11-22-7-6-18(15)23(20,21)16-5-4-13-9-17(12(2)19)10-14(13)8-16/h4-5,8,15H,3,6-7,9-11H2,1-2H3. The highest BCUT2D eigenvalue weighted by molar-refractivity contribution is 7.89. The van der Waals surface area contributed by atoms with Crippen molar-refractivity contribution in [3.05, 3.63) is 29.3 Å². The lowest BCUT2D eigenvalue weighted by atomic mass is 10.1. The molecule has 2 aliphatic heterocycles. The Labute approximate surface area is 137 Å². The number of amides is 1. The van der Waals surface area contributed by atoms with Gasteiger partial charge in [0.05, 0.1) is 18.1 Å². The molecule has 2 heterocycles. The second-order valence-electron chi connectivity index (χ2n) is 6.06. The van der Waals surface area contributed by atoms with Crippen LogP contribution in [0.1, 0.15) is 31.4 Å². The number of nitrogens with zero attached hydrogens (tertiary/aromatic N) is 2. The van der Waals surface area contributed by atoms with Crippen LogP contribution in [0.3, 0.4) is 0 Å². The molecule has 1 unspecified atom stereocenters. The van der Waals surface area contributed by atoms with Crippen molar-refractivity contribution < 1.29 is 17.9 Å². The van der Waals surface area contributed by atoms with E-state index in [-0.39, 0.29) is 11.9 Å². The topological polar surface area (TPSA) is 66.9 Å². The Hall–Kier alpha value is -1.44. The molecule has 2 aliphatic rings. The van der Waals surface area contributed by atoms with Gasteiger partial charge in [-0.1, -0.05) is 13.0 Å². The van der Waals surface area contributed by atoms with Gasteiger partial charge >= 0.3 is 0 Å². The summed E-state index contributed by atoms with van der Waals surface area (Å²) in [5, 5.41) is 0. The quantitative estimate of drug-likeness (QED) is 0.834. The van der Waals surface area contributed by atoms with Crippen LogP contribution in [0, 0.1) is 0 Å². The molecule has 3 rings (SSSR count). The minimum atomic E-state index is -3.53. The van der Waals surface area contributed by atoms with Crippen molar-refractivity contribution in [3.63, 3.8) is 0 Å². The molecule has 0 aliphatic carbocycles. The lowest BCUT2D eigenvalue weighted by Gasteiger charge is -2.34. The van der Waals surface area contributed by atoms with E-state index in [1.54, 1.807) is 21.3 Å². The molecule has 7 heteroatoms. The van der Waals surface area contributed by atoms with Crippen molar-refractivity contribution in [1.29, 1.82) is 0 Å². The molecule has 23 heavy (non-hydrogen) atoms. The average molecular weight is 338 g/mol. The van der Waals surface area contributed by atoms with E-state index in [0.717, 1.165) is 17.5 Å². The third kappa shape index (κ3) is 3.00. The van der Waals surface area contributed by atoms with Crippen molar-refractivity contribution in [2.45, 2.75) is 44.3 Å². The van der Waals surface area contributed by atoms with Gasteiger partial charge in [-0.3, -0.25) is 4.79 Å². The van der Waals surface area contributed by atoms with E-state index in [4.69, 9.17) is 4.74 Å². The predicted octanol–water partition coefficient (Wildman–Crippen LogP) is 1.35. The van der Waals surface area contributed by atoms with Gasteiger partial charge in [0.1, 0.15) is 0 Å². The molecule has 0 bridgehead atoms. The van der Waals surface area contributed by atoms with E-state index in [1.807, 2.05) is 13.0 Å².